The predicted octanol–water partition coefficient (Wildman–Crippen LogP) is 3.33. The molecule has 1 amide bonds. The Labute approximate surface area is 129 Å². The maximum atomic E-state index is 12.4. The van der Waals surface area contributed by atoms with Gasteiger partial charge in [-0.3, -0.25) is 4.79 Å². The Morgan fingerprint density at radius 3 is 2.18 bits per heavy atom. The molecule has 0 radical (unpaired) electrons. The van der Waals surface area contributed by atoms with Crippen molar-refractivity contribution in [2.24, 2.45) is 0 Å². The van der Waals surface area contributed by atoms with Gasteiger partial charge in [-0.2, -0.15) is 0 Å². The van der Waals surface area contributed by atoms with Crippen LogP contribution in [-0.4, -0.2) is 5.91 Å². The molecule has 1 N–H and O–H groups in total. The number of rotatable bonds is 3. The topological polar surface area (TPSA) is 33.0 Å². The summed E-state index contributed by atoms with van der Waals surface area (Å²) in [4.78, 5) is 12.4. The highest BCUT2D eigenvalue weighted by Crippen LogP contribution is 2.18. The van der Waals surface area contributed by atoms with Crippen molar-refractivity contribution in [1.82, 2.24) is 0 Å². The highest BCUT2D eigenvalue weighted by atomic mass is 16.2. The quantitative estimate of drug-likeness (QED) is 0.737. The molecular formula is C19H17N2O+. The van der Waals surface area contributed by atoms with Crippen molar-refractivity contribution < 1.29 is 9.47 Å². The summed E-state index contributed by atoms with van der Waals surface area (Å²) in [5.41, 5.74) is 6.72. The van der Waals surface area contributed by atoms with Crippen molar-refractivity contribution in [1.29, 1.82) is 0 Å². The Bertz CT molecular complexity index is 783. The van der Waals surface area contributed by atoms with E-state index in [1.165, 1.54) is 0 Å². The summed E-state index contributed by atoms with van der Waals surface area (Å²) < 4.78 is 1.78. The number of aryl methyl sites for hydroxylation is 1. The van der Waals surface area contributed by atoms with E-state index in [9.17, 15) is 4.79 Å². The van der Waals surface area contributed by atoms with E-state index in [0.717, 1.165) is 16.8 Å². The number of hydrogen-bond donors (Lipinski definition) is 1. The Balaban J connectivity index is 1.98. The predicted molar refractivity (Wildman–Crippen MR) is 86.9 cm³/mol. The third kappa shape index (κ3) is 2.88. The second-order valence-electron chi connectivity index (χ2n) is 5.08. The SMILES string of the molecule is Cc1ccc[n+](NC(=O)c2ccccc2)c1-c1ccccc1. The summed E-state index contributed by atoms with van der Waals surface area (Å²) in [6, 6.07) is 23.2. The van der Waals surface area contributed by atoms with Gasteiger partial charge in [0.15, 0.2) is 0 Å². The minimum absolute atomic E-state index is 0.131. The Kier molecular flexibility index (Phi) is 3.97. The molecule has 3 nitrogen and oxygen atoms in total. The monoisotopic (exact) mass is 289 g/mol. The van der Waals surface area contributed by atoms with Crippen LogP contribution in [0.3, 0.4) is 0 Å². The molecule has 0 bridgehead atoms. The van der Waals surface area contributed by atoms with E-state index in [1.54, 1.807) is 16.8 Å². The van der Waals surface area contributed by atoms with Crippen LogP contribution in [0, 0.1) is 6.92 Å². The van der Waals surface area contributed by atoms with Gasteiger partial charge in [0.2, 0.25) is 11.9 Å². The lowest BCUT2D eigenvalue weighted by atomic mass is 10.1. The van der Waals surface area contributed by atoms with Gasteiger partial charge >= 0.3 is 5.91 Å². The van der Waals surface area contributed by atoms with E-state index >= 15 is 0 Å². The zero-order valence-corrected chi connectivity index (χ0v) is 12.4. The number of carbonyl (C=O) groups excluding carboxylic acids is 1. The molecule has 0 aliphatic carbocycles. The minimum Gasteiger partial charge on any atom is -0.264 e. The van der Waals surface area contributed by atoms with Crippen molar-refractivity contribution >= 4 is 5.91 Å². The number of carbonyl (C=O) groups is 1. The summed E-state index contributed by atoms with van der Waals surface area (Å²) in [6.07, 6.45) is 1.86. The number of amides is 1. The molecule has 1 heterocycles. The molecule has 0 unspecified atom stereocenters. The normalized spacial score (nSPS) is 10.2. The highest BCUT2D eigenvalue weighted by Gasteiger charge is 2.19. The van der Waals surface area contributed by atoms with Crippen LogP contribution in [0.25, 0.3) is 11.3 Å². The molecule has 3 aromatic rings. The van der Waals surface area contributed by atoms with E-state index < -0.39 is 0 Å². The van der Waals surface area contributed by atoms with Crippen LogP contribution in [0.1, 0.15) is 15.9 Å². The van der Waals surface area contributed by atoms with Gasteiger partial charge in [-0.15, -0.1) is 5.43 Å². The molecule has 0 atom stereocenters. The third-order valence-corrected chi connectivity index (χ3v) is 3.50. The molecule has 1 aromatic heterocycles. The van der Waals surface area contributed by atoms with Crippen molar-refractivity contribution in [3.63, 3.8) is 0 Å². The van der Waals surface area contributed by atoms with Crippen molar-refractivity contribution in [2.75, 3.05) is 5.43 Å². The average Bonchev–Trinajstić information content (AvgIpc) is 2.56. The standard InChI is InChI=1S/C19H16N2O/c1-15-9-8-14-21(18(15)16-10-4-2-5-11-16)20-19(22)17-12-6-3-7-13-17/h2-14H,1H3/p+1. The van der Waals surface area contributed by atoms with Crippen molar-refractivity contribution in [3.05, 3.63) is 90.1 Å². The first kappa shape index (κ1) is 14.0. The molecule has 3 rings (SSSR count). The molecule has 0 saturated carbocycles. The number of nitrogens with zero attached hydrogens (tertiary/aromatic N) is 1. The lowest BCUT2D eigenvalue weighted by Crippen LogP contribution is -2.50. The Morgan fingerprint density at radius 2 is 1.50 bits per heavy atom. The first-order chi connectivity index (χ1) is 10.8. The number of benzene rings is 2. The van der Waals surface area contributed by atoms with Crippen molar-refractivity contribution in [2.45, 2.75) is 6.92 Å². The summed E-state index contributed by atoms with van der Waals surface area (Å²) >= 11 is 0. The fourth-order valence-electron chi connectivity index (χ4n) is 2.44. The molecule has 0 spiro atoms. The van der Waals surface area contributed by atoms with Gasteiger partial charge in [-0.1, -0.05) is 41.1 Å². The summed E-state index contributed by atoms with van der Waals surface area (Å²) in [6.45, 7) is 2.04. The fourth-order valence-corrected chi connectivity index (χ4v) is 2.44. The molecule has 22 heavy (non-hydrogen) atoms. The van der Waals surface area contributed by atoms with Gasteiger partial charge < -0.3 is 0 Å². The number of aromatic nitrogens is 1. The summed E-state index contributed by atoms with van der Waals surface area (Å²) in [5, 5.41) is 0. The highest BCUT2D eigenvalue weighted by molar-refractivity contribution is 5.98. The Hall–Kier alpha value is -2.94. The molecule has 2 aromatic carbocycles. The lowest BCUT2D eigenvalue weighted by Gasteiger charge is -2.07. The zero-order valence-electron chi connectivity index (χ0n) is 12.4. The van der Waals surface area contributed by atoms with E-state index in [0.29, 0.717) is 5.56 Å². The first-order valence-corrected chi connectivity index (χ1v) is 7.19. The van der Waals surface area contributed by atoms with Crippen LogP contribution >= 0.6 is 0 Å². The van der Waals surface area contributed by atoms with Crippen LogP contribution in [0.5, 0.6) is 0 Å². The molecule has 0 aliphatic heterocycles. The molecule has 0 saturated heterocycles. The van der Waals surface area contributed by atoms with Crippen LogP contribution in [-0.2, 0) is 0 Å². The largest absolute Gasteiger partial charge is 0.305 e. The van der Waals surface area contributed by atoms with Gasteiger partial charge in [0.1, 0.15) is 0 Å². The van der Waals surface area contributed by atoms with E-state index in [-0.39, 0.29) is 5.91 Å². The van der Waals surface area contributed by atoms with E-state index in [1.807, 2.05) is 73.8 Å². The van der Waals surface area contributed by atoms with E-state index in [4.69, 9.17) is 0 Å². The van der Waals surface area contributed by atoms with Gasteiger partial charge in [0, 0.05) is 22.8 Å². The van der Waals surface area contributed by atoms with Gasteiger partial charge in [-0.25, -0.2) is 0 Å². The van der Waals surface area contributed by atoms with Crippen LogP contribution in [0.15, 0.2) is 79.0 Å². The van der Waals surface area contributed by atoms with Gasteiger partial charge in [0.05, 0.1) is 0 Å². The second-order valence-corrected chi connectivity index (χ2v) is 5.08. The van der Waals surface area contributed by atoms with Crippen LogP contribution in [0.2, 0.25) is 0 Å². The molecule has 0 aliphatic rings. The van der Waals surface area contributed by atoms with Crippen LogP contribution in [0.4, 0.5) is 0 Å². The summed E-state index contributed by atoms with van der Waals surface area (Å²) in [7, 11) is 0. The second kappa shape index (κ2) is 6.22. The third-order valence-electron chi connectivity index (χ3n) is 3.50. The zero-order chi connectivity index (χ0) is 15.4. The fraction of sp³-hybridized carbons (Fsp3) is 0.0526. The number of hydrogen-bond acceptors (Lipinski definition) is 1. The van der Waals surface area contributed by atoms with E-state index in [2.05, 4.69) is 5.43 Å². The maximum Gasteiger partial charge on any atom is 0.305 e. The van der Waals surface area contributed by atoms with Crippen LogP contribution < -0.4 is 10.1 Å². The lowest BCUT2D eigenvalue weighted by molar-refractivity contribution is -0.630. The van der Waals surface area contributed by atoms with Crippen molar-refractivity contribution in [3.8, 4) is 11.3 Å². The molecule has 3 heteroatoms. The van der Waals surface area contributed by atoms with Gasteiger partial charge in [0.25, 0.3) is 0 Å². The molecular weight excluding hydrogens is 272 g/mol. The van der Waals surface area contributed by atoms with Gasteiger partial charge in [-0.05, 0) is 37.3 Å². The average molecular weight is 289 g/mol. The summed E-state index contributed by atoms with van der Waals surface area (Å²) in [5.74, 6) is -0.131. The number of nitrogens with one attached hydrogen (secondary N) is 1. The maximum absolute atomic E-state index is 12.4. The smallest absolute Gasteiger partial charge is 0.264 e. The number of pyridine rings is 1. The molecule has 0 fully saturated rings. The molecule has 108 valence electrons. The first-order valence-electron chi connectivity index (χ1n) is 7.19. The minimum atomic E-state index is -0.131. The Morgan fingerprint density at radius 1 is 0.864 bits per heavy atom.